The molecule has 1 atom stereocenters. The highest BCUT2D eigenvalue weighted by atomic mass is 79.9. The van der Waals surface area contributed by atoms with Crippen LogP contribution in [0.1, 0.15) is 13.8 Å². The summed E-state index contributed by atoms with van der Waals surface area (Å²) in [4.78, 5) is 11.2. The van der Waals surface area contributed by atoms with Crippen molar-refractivity contribution in [3.05, 3.63) is 29.8 Å². The minimum absolute atomic E-state index is 0.116. The first-order chi connectivity index (χ1) is 7.41. The molecule has 0 heterocycles. The molecule has 1 amide bonds. The molecule has 16 heavy (non-hydrogen) atoms. The minimum atomic E-state index is -0.978. The first kappa shape index (κ1) is 13.1. The van der Waals surface area contributed by atoms with Gasteiger partial charge in [-0.3, -0.25) is 4.79 Å². The van der Waals surface area contributed by atoms with Gasteiger partial charge < -0.3 is 5.32 Å². The second-order valence-electron chi connectivity index (χ2n) is 3.76. The Balaban J connectivity index is 2.74. The second kappa shape index (κ2) is 5.39. The molecule has 0 saturated carbocycles. The number of nitrogens with one attached hydrogen (secondary N) is 1. The molecule has 88 valence electrons. The summed E-state index contributed by atoms with van der Waals surface area (Å²) in [6.45, 7) is 3.76. The van der Waals surface area contributed by atoms with E-state index >= 15 is 0 Å². The van der Waals surface area contributed by atoms with Crippen LogP contribution in [0.15, 0.2) is 18.2 Å². The molecule has 1 aromatic rings. The Labute approximate surface area is 101 Å². The van der Waals surface area contributed by atoms with E-state index in [9.17, 15) is 13.6 Å². The van der Waals surface area contributed by atoms with E-state index in [4.69, 9.17) is 0 Å². The average molecular weight is 292 g/mol. The molecule has 5 heteroatoms. The topological polar surface area (TPSA) is 29.1 Å². The van der Waals surface area contributed by atoms with E-state index in [1.54, 1.807) is 0 Å². The zero-order valence-corrected chi connectivity index (χ0v) is 10.5. The Kier molecular flexibility index (Phi) is 4.41. The van der Waals surface area contributed by atoms with E-state index in [-0.39, 0.29) is 22.3 Å². The van der Waals surface area contributed by atoms with Gasteiger partial charge in [-0.2, -0.15) is 0 Å². The van der Waals surface area contributed by atoms with Gasteiger partial charge >= 0.3 is 0 Å². The van der Waals surface area contributed by atoms with Gasteiger partial charge in [-0.05, 0) is 18.1 Å². The highest BCUT2D eigenvalue weighted by Crippen LogP contribution is 2.17. The van der Waals surface area contributed by atoms with Crippen molar-refractivity contribution in [3.8, 4) is 0 Å². The van der Waals surface area contributed by atoms with Crippen molar-refractivity contribution in [3.63, 3.8) is 0 Å². The second-order valence-corrected chi connectivity index (χ2v) is 4.75. The van der Waals surface area contributed by atoms with Crippen molar-refractivity contribution in [1.82, 2.24) is 0 Å². The first-order valence-corrected chi connectivity index (χ1v) is 5.73. The lowest BCUT2D eigenvalue weighted by Gasteiger charge is -2.13. The van der Waals surface area contributed by atoms with Gasteiger partial charge in [-0.25, -0.2) is 8.78 Å². The minimum Gasteiger partial charge on any atom is -0.325 e. The number of carbonyl (C=O) groups is 1. The largest absolute Gasteiger partial charge is 0.325 e. The summed E-state index contributed by atoms with van der Waals surface area (Å²) in [6, 6.07) is 3.24. The summed E-state index contributed by atoms with van der Waals surface area (Å²) in [6.07, 6.45) is 0. The summed E-state index contributed by atoms with van der Waals surface area (Å²) in [5, 5.41) is 2.50. The number of rotatable bonds is 3. The van der Waals surface area contributed by atoms with Crippen LogP contribution in [0, 0.1) is 17.6 Å². The Morgan fingerprint density at radius 2 is 1.94 bits per heavy atom. The van der Waals surface area contributed by atoms with Crippen LogP contribution in [-0.4, -0.2) is 10.7 Å². The predicted octanol–water partition coefficient (Wildman–Crippen LogP) is 3.32. The van der Waals surface area contributed by atoms with Crippen LogP contribution in [0.4, 0.5) is 14.5 Å². The Morgan fingerprint density at radius 3 is 2.44 bits per heavy atom. The zero-order chi connectivity index (χ0) is 12.3. The number of anilines is 1. The molecule has 0 aliphatic carbocycles. The number of hydrogen-bond donors (Lipinski definition) is 1. The van der Waals surface area contributed by atoms with Gasteiger partial charge in [0.1, 0.15) is 0 Å². The Hall–Kier alpha value is -0.970. The van der Waals surface area contributed by atoms with Crippen molar-refractivity contribution in [2.45, 2.75) is 18.7 Å². The van der Waals surface area contributed by atoms with Crippen molar-refractivity contribution >= 4 is 27.5 Å². The van der Waals surface area contributed by atoms with Gasteiger partial charge in [-0.15, -0.1) is 0 Å². The molecule has 1 N–H and O–H groups in total. The number of amides is 1. The van der Waals surface area contributed by atoms with E-state index in [1.807, 2.05) is 13.8 Å². The number of alkyl halides is 1. The van der Waals surface area contributed by atoms with Gasteiger partial charge in [0.05, 0.1) is 4.83 Å². The fourth-order valence-corrected chi connectivity index (χ4v) is 1.20. The molecule has 1 unspecified atom stereocenters. The monoisotopic (exact) mass is 291 g/mol. The molecule has 2 nitrogen and oxygen atoms in total. The molecule has 0 aliphatic heterocycles. The summed E-state index contributed by atoms with van der Waals surface area (Å²) < 4.78 is 25.5. The SMILES string of the molecule is CC(C)C(Br)C(=O)Nc1ccc(F)c(F)c1. The average Bonchev–Trinajstić information content (AvgIpc) is 2.22. The van der Waals surface area contributed by atoms with Gasteiger partial charge in [-0.1, -0.05) is 29.8 Å². The normalized spacial score (nSPS) is 12.6. The standard InChI is InChI=1S/C11H12BrF2NO/c1-6(2)10(12)11(16)15-7-3-4-8(13)9(14)5-7/h3-6,10H,1-2H3,(H,15,16). The van der Waals surface area contributed by atoms with Gasteiger partial charge in [0.2, 0.25) is 5.91 Å². The molecular formula is C11H12BrF2NO. The van der Waals surface area contributed by atoms with Crippen LogP contribution in [0.5, 0.6) is 0 Å². The summed E-state index contributed by atoms with van der Waals surface area (Å²) in [7, 11) is 0. The zero-order valence-electron chi connectivity index (χ0n) is 8.93. The molecule has 1 rings (SSSR count). The lowest BCUT2D eigenvalue weighted by Crippen LogP contribution is -2.27. The van der Waals surface area contributed by atoms with Crippen molar-refractivity contribution < 1.29 is 13.6 Å². The van der Waals surface area contributed by atoms with Gasteiger partial charge in [0, 0.05) is 11.8 Å². The third-order valence-corrected chi connectivity index (χ3v) is 3.50. The van der Waals surface area contributed by atoms with Crippen LogP contribution >= 0.6 is 15.9 Å². The van der Waals surface area contributed by atoms with E-state index in [2.05, 4.69) is 21.2 Å². The molecule has 0 fully saturated rings. The van der Waals surface area contributed by atoms with E-state index < -0.39 is 11.6 Å². The smallest absolute Gasteiger partial charge is 0.238 e. The van der Waals surface area contributed by atoms with Crippen LogP contribution in [-0.2, 0) is 4.79 Å². The predicted molar refractivity (Wildman–Crippen MR) is 62.5 cm³/mol. The summed E-state index contributed by atoms with van der Waals surface area (Å²) >= 11 is 3.22. The molecule has 0 aromatic heterocycles. The van der Waals surface area contributed by atoms with Gasteiger partial charge in [0.25, 0.3) is 0 Å². The van der Waals surface area contributed by atoms with Gasteiger partial charge in [0.15, 0.2) is 11.6 Å². The fraction of sp³-hybridized carbons (Fsp3) is 0.364. The Bertz CT molecular complexity index is 396. The number of carbonyl (C=O) groups excluding carboxylic acids is 1. The molecule has 0 saturated heterocycles. The lowest BCUT2D eigenvalue weighted by molar-refractivity contribution is -0.116. The Morgan fingerprint density at radius 1 is 1.31 bits per heavy atom. The van der Waals surface area contributed by atoms with Crippen molar-refractivity contribution in [2.75, 3.05) is 5.32 Å². The summed E-state index contributed by atoms with van der Waals surface area (Å²) in [5.41, 5.74) is 0.244. The highest BCUT2D eigenvalue weighted by Gasteiger charge is 2.18. The fourth-order valence-electron chi connectivity index (χ4n) is 1.09. The van der Waals surface area contributed by atoms with E-state index in [1.165, 1.54) is 6.07 Å². The third kappa shape index (κ3) is 3.27. The molecule has 0 radical (unpaired) electrons. The highest BCUT2D eigenvalue weighted by molar-refractivity contribution is 9.10. The van der Waals surface area contributed by atoms with Crippen molar-refractivity contribution in [1.29, 1.82) is 0 Å². The van der Waals surface area contributed by atoms with E-state index in [0.717, 1.165) is 12.1 Å². The molecule has 1 aromatic carbocycles. The quantitative estimate of drug-likeness (QED) is 0.851. The maximum absolute atomic E-state index is 12.9. The summed E-state index contributed by atoms with van der Waals surface area (Å²) in [5.74, 6) is -2.07. The molecule has 0 aliphatic rings. The molecule has 0 bridgehead atoms. The molecular weight excluding hydrogens is 280 g/mol. The maximum atomic E-state index is 12.9. The third-order valence-electron chi connectivity index (χ3n) is 2.02. The van der Waals surface area contributed by atoms with E-state index in [0.29, 0.717) is 0 Å². The first-order valence-electron chi connectivity index (χ1n) is 4.82. The maximum Gasteiger partial charge on any atom is 0.238 e. The number of benzene rings is 1. The van der Waals surface area contributed by atoms with Crippen LogP contribution in [0.2, 0.25) is 0 Å². The van der Waals surface area contributed by atoms with Crippen LogP contribution in [0.3, 0.4) is 0 Å². The number of hydrogen-bond acceptors (Lipinski definition) is 1. The van der Waals surface area contributed by atoms with Crippen LogP contribution < -0.4 is 5.32 Å². The lowest BCUT2D eigenvalue weighted by atomic mass is 10.1. The molecule has 0 spiro atoms. The van der Waals surface area contributed by atoms with Crippen LogP contribution in [0.25, 0.3) is 0 Å². The number of halogens is 3. The van der Waals surface area contributed by atoms with Crippen molar-refractivity contribution in [2.24, 2.45) is 5.92 Å².